The lowest BCUT2D eigenvalue weighted by molar-refractivity contribution is 0.415. The molecule has 0 spiro atoms. The Kier molecular flexibility index (Phi) is 4.76. The van der Waals surface area contributed by atoms with E-state index in [1.165, 1.54) is 4.68 Å². The van der Waals surface area contributed by atoms with E-state index in [-0.39, 0.29) is 5.56 Å². The van der Waals surface area contributed by atoms with Crippen LogP contribution in [0.1, 0.15) is 16.8 Å². The predicted molar refractivity (Wildman–Crippen MR) is 101 cm³/mol. The maximum Gasteiger partial charge on any atom is 0.280 e. The fourth-order valence-corrected chi connectivity index (χ4v) is 2.79. The van der Waals surface area contributed by atoms with Gasteiger partial charge in [-0.3, -0.25) is 14.9 Å². The fraction of sp³-hybridized carbons (Fsp3) is 0.158. The van der Waals surface area contributed by atoms with Gasteiger partial charge in [-0.2, -0.15) is 0 Å². The molecular formula is C19H18ClN3O2. The first-order valence-electron chi connectivity index (χ1n) is 7.76. The van der Waals surface area contributed by atoms with Gasteiger partial charge >= 0.3 is 0 Å². The van der Waals surface area contributed by atoms with Crippen molar-refractivity contribution in [2.24, 2.45) is 4.99 Å². The van der Waals surface area contributed by atoms with Crippen LogP contribution < -0.4 is 10.3 Å². The minimum atomic E-state index is -0.147. The van der Waals surface area contributed by atoms with E-state index in [0.717, 1.165) is 16.9 Å². The highest BCUT2D eigenvalue weighted by Gasteiger charge is 2.11. The molecule has 0 radical (unpaired) electrons. The summed E-state index contributed by atoms with van der Waals surface area (Å²) in [5, 5.41) is 3.56. The number of H-pyrrole nitrogens is 1. The Labute approximate surface area is 150 Å². The van der Waals surface area contributed by atoms with Gasteiger partial charge in [0.2, 0.25) is 0 Å². The number of aromatic nitrogens is 2. The highest BCUT2D eigenvalue weighted by atomic mass is 35.5. The van der Waals surface area contributed by atoms with Crippen LogP contribution >= 0.6 is 11.6 Å². The van der Waals surface area contributed by atoms with Crippen LogP contribution in [0, 0.1) is 13.8 Å². The molecule has 1 heterocycles. The zero-order chi connectivity index (χ0) is 18.0. The molecule has 0 unspecified atom stereocenters. The van der Waals surface area contributed by atoms with Crippen molar-refractivity contribution in [2.45, 2.75) is 13.8 Å². The summed E-state index contributed by atoms with van der Waals surface area (Å²) in [6.45, 7) is 3.83. The van der Waals surface area contributed by atoms with Gasteiger partial charge in [0, 0.05) is 11.9 Å². The predicted octanol–water partition coefficient (Wildman–Crippen LogP) is 4.20. The summed E-state index contributed by atoms with van der Waals surface area (Å²) in [6.07, 6.45) is 1.55. The van der Waals surface area contributed by atoms with Gasteiger partial charge in [-0.25, -0.2) is 4.68 Å². The van der Waals surface area contributed by atoms with Crippen LogP contribution in [-0.4, -0.2) is 23.1 Å². The zero-order valence-corrected chi connectivity index (χ0v) is 15.0. The number of nitrogens with one attached hydrogen (secondary N) is 1. The number of aryl methyl sites for hydroxylation is 2. The lowest BCUT2D eigenvalue weighted by Gasteiger charge is -2.02. The number of aromatic amines is 1. The average molecular weight is 356 g/mol. The third-order valence-electron chi connectivity index (χ3n) is 3.85. The van der Waals surface area contributed by atoms with Gasteiger partial charge in [-0.05, 0) is 49.7 Å². The van der Waals surface area contributed by atoms with Gasteiger partial charge in [0.1, 0.15) is 5.75 Å². The maximum absolute atomic E-state index is 12.7. The second-order valence-electron chi connectivity index (χ2n) is 5.71. The van der Waals surface area contributed by atoms with Gasteiger partial charge in [0.15, 0.2) is 0 Å². The number of aliphatic imine (C=N–C) groups is 1. The van der Waals surface area contributed by atoms with Gasteiger partial charge in [-0.1, -0.05) is 23.7 Å². The molecule has 0 amide bonds. The molecule has 25 heavy (non-hydrogen) atoms. The molecule has 1 N–H and O–H groups in total. The van der Waals surface area contributed by atoms with E-state index >= 15 is 0 Å². The van der Waals surface area contributed by atoms with Gasteiger partial charge < -0.3 is 4.74 Å². The molecule has 3 aromatic rings. The summed E-state index contributed by atoms with van der Waals surface area (Å²) >= 11 is 6.10. The number of ether oxygens (including phenoxy) is 1. The van der Waals surface area contributed by atoms with Crippen LogP contribution in [0.3, 0.4) is 0 Å². The first kappa shape index (κ1) is 17.0. The van der Waals surface area contributed by atoms with Crippen molar-refractivity contribution >= 4 is 23.5 Å². The van der Waals surface area contributed by atoms with Gasteiger partial charge in [0.05, 0.1) is 29.1 Å². The Morgan fingerprint density at radius 2 is 2.00 bits per heavy atom. The molecule has 1 aromatic heterocycles. The van der Waals surface area contributed by atoms with Crippen LogP contribution in [0.5, 0.6) is 5.75 Å². The summed E-state index contributed by atoms with van der Waals surface area (Å²) < 4.78 is 6.64. The molecule has 128 valence electrons. The highest BCUT2D eigenvalue weighted by molar-refractivity contribution is 6.32. The molecule has 6 heteroatoms. The van der Waals surface area contributed by atoms with E-state index in [9.17, 15) is 4.79 Å². The molecule has 0 aliphatic rings. The fourth-order valence-electron chi connectivity index (χ4n) is 2.54. The quantitative estimate of drug-likeness (QED) is 0.713. The molecule has 0 fully saturated rings. The van der Waals surface area contributed by atoms with E-state index in [0.29, 0.717) is 22.0 Å². The number of nitrogens with zero attached hydrogens (tertiary/aromatic N) is 2. The van der Waals surface area contributed by atoms with Crippen molar-refractivity contribution in [2.75, 3.05) is 7.11 Å². The van der Waals surface area contributed by atoms with E-state index in [4.69, 9.17) is 16.3 Å². The first-order chi connectivity index (χ1) is 12.0. The van der Waals surface area contributed by atoms with Crippen LogP contribution in [0.15, 0.2) is 52.3 Å². The first-order valence-corrected chi connectivity index (χ1v) is 8.13. The topological polar surface area (TPSA) is 59.4 Å². The summed E-state index contributed by atoms with van der Waals surface area (Å²) in [7, 11) is 1.56. The second-order valence-corrected chi connectivity index (χ2v) is 6.11. The van der Waals surface area contributed by atoms with Crippen molar-refractivity contribution in [1.29, 1.82) is 0 Å². The molecule has 0 aliphatic heterocycles. The molecule has 0 bridgehead atoms. The van der Waals surface area contributed by atoms with Crippen molar-refractivity contribution < 1.29 is 4.74 Å². The molecule has 0 atom stereocenters. The Morgan fingerprint density at radius 1 is 1.20 bits per heavy atom. The minimum absolute atomic E-state index is 0.147. The number of hydrogen-bond donors (Lipinski definition) is 1. The molecular weight excluding hydrogens is 338 g/mol. The SMILES string of the molecule is COc1ccc(N=Cc2c(C)[nH]n(-c3cccc(C)c3)c2=O)cc1Cl. The summed E-state index contributed by atoms with van der Waals surface area (Å²) in [5.74, 6) is 0.584. The molecule has 0 aliphatic carbocycles. The van der Waals surface area contributed by atoms with Crippen LogP contribution in [-0.2, 0) is 0 Å². The average Bonchev–Trinajstić information content (AvgIpc) is 2.87. The summed E-state index contributed by atoms with van der Waals surface area (Å²) in [4.78, 5) is 17.0. The Bertz CT molecular complexity index is 1000. The number of rotatable bonds is 4. The zero-order valence-electron chi connectivity index (χ0n) is 14.2. The lowest BCUT2D eigenvalue weighted by atomic mass is 10.2. The maximum atomic E-state index is 12.7. The van der Waals surface area contributed by atoms with Crippen LogP contribution in [0.4, 0.5) is 5.69 Å². The monoisotopic (exact) mass is 355 g/mol. The highest BCUT2D eigenvalue weighted by Crippen LogP contribution is 2.28. The molecule has 2 aromatic carbocycles. The minimum Gasteiger partial charge on any atom is -0.495 e. The van der Waals surface area contributed by atoms with E-state index in [1.54, 1.807) is 31.5 Å². The standard InChI is InChI=1S/C19H18ClN3O2/c1-12-5-4-6-15(9-12)23-19(24)16(13(2)22-23)11-21-14-7-8-18(25-3)17(20)10-14/h4-11,22H,1-3H3. The van der Waals surface area contributed by atoms with Crippen LogP contribution in [0.25, 0.3) is 5.69 Å². The second kappa shape index (κ2) is 6.99. The van der Waals surface area contributed by atoms with E-state index in [2.05, 4.69) is 10.1 Å². The summed E-state index contributed by atoms with van der Waals surface area (Å²) in [5.41, 5.74) is 3.63. The van der Waals surface area contributed by atoms with Crippen molar-refractivity contribution in [3.63, 3.8) is 0 Å². The van der Waals surface area contributed by atoms with Crippen molar-refractivity contribution in [3.05, 3.63) is 74.7 Å². The normalized spacial score (nSPS) is 11.2. The van der Waals surface area contributed by atoms with E-state index in [1.807, 2.05) is 38.1 Å². The van der Waals surface area contributed by atoms with Gasteiger partial charge in [0.25, 0.3) is 5.56 Å². The van der Waals surface area contributed by atoms with Crippen LogP contribution in [0.2, 0.25) is 5.02 Å². The number of benzene rings is 2. The Hall–Kier alpha value is -2.79. The Morgan fingerprint density at radius 3 is 2.68 bits per heavy atom. The third-order valence-corrected chi connectivity index (χ3v) is 4.15. The van der Waals surface area contributed by atoms with Gasteiger partial charge in [-0.15, -0.1) is 0 Å². The van der Waals surface area contributed by atoms with Crippen molar-refractivity contribution in [1.82, 2.24) is 9.78 Å². The number of hydrogen-bond acceptors (Lipinski definition) is 3. The molecule has 0 saturated carbocycles. The molecule has 0 saturated heterocycles. The smallest absolute Gasteiger partial charge is 0.280 e. The molecule has 3 rings (SSSR count). The summed E-state index contributed by atoms with van der Waals surface area (Å²) in [6, 6.07) is 12.9. The third kappa shape index (κ3) is 3.51. The van der Waals surface area contributed by atoms with E-state index < -0.39 is 0 Å². The van der Waals surface area contributed by atoms with Crippen molar-refractivity contribution in [3.8, 4) is 11.4 Å². The molecule has 5 nitrogen and oxygen atoms in total. The largest absolute Gasteiger partial charge is 0.495 e. The Balaban J connectivity index is 1.96. The number of methoxy groups -OCH3 is 1. The lowest BCUT2D eigenvalue weighted by Crippen LogP contribution is -2.17. The number of halogens is 1.